The Kier molecular flexibility index (Phi) is 5.59. The highest BCUT2D eigenvalue weighted by atomic mass is 16.2. The molecule has 2 rings (SSSR count). The van der Waals surface area contributed by atoms with E-state index in [9.17, 15) is 4.79 Å². The Morgan fingerprint density at radius 1 is 1.38 bits per heavy atom. The summed E-state index contributed by atoms with van der Waals surface area (Å²) in [5.74, 6) is 0.0101. The molecule has 0 aromatic heterocycles. The number of amides is 1. The minimum absolute atomic E-state index is 0.0101. The Balaban J connectivity index is 1.96. The third-order valence-corrected chi connectivity index (χ3v) is 4.08. The molecule has 1 unspecified atom stereocenters. The lowest BCUT2D eigenvalue weighted by molar-refractivity contribution is -0.117. The molecular weight excluding hydrogens is 264 g/mol. The fraction of sp³-hybridized carbons (Fsp3) is 0.562. The van der Waals surface area contributed by atoms with Crippen LogP contribution in [0.4, 0.5) is 11.4 Å². The predicted octanol–water partition coefficient (Wildman–Crippen LogP) is 1.62. The summed E-state index contributed by atoms with van der Waals surface area (Å²) in [4.78, 5) is 16.9. The van der Waals surface area contributed by atoms with Crippen LogP contribution in [-0.4, -0.2) is 55.0 Å². The fourth-order valence-corrected chi connectivity index (χ4v) is 2.87. The van der Waals surface area contributed by atoms with Gasteiger partial charge in [-0.1, -0.05) is 19.1 Å². The molecule has 0 spiro atoms. The highest BCUT2D eigenvalue weighted by molar-refractivity contribution is 5.95. The number of para-hydroxylation sites is 2. The summed E-state index contributed by atoms with van der Waals surface area (Å²) in [6.07, 6.45) is 2.17. The van der Waals surface area contributed by atoms with Crippen molar-refractivity contribution in [3.8, 4) is 0 Å². The molecule has 1 heterocycles. The lowest BCUT2D eigenvalue weighted by Crippen LogP contribution is -2.43. The van der Waals surface area contributed by atoms with E-state index < -0.39 is 0 Å². The molecule has 1 saturated heterocycles. The number of nitrogen functional groups attached to an aromatic ring is 1. The zero-order valence-corrected chi connectivity index (χ0v) is 13.0. The van der Waals surface area contributed by atoms with E-state index in [0.717, 1.165) is 32.5 Å². The molecule has 1 amide bonds. The number of anilines is 2. The molecule has 1 aromatic rings. The Morgan fingerprint density at radius 3 is 2.86 bits per heavy atom. The molecule has 5 nitrogen and oxygen atoms in total. The molecule has 0 saturated carbocycles. The van der Waals surface area contributed by atoms with Gasteiger partial charge in [0, 0.05) is 19.1 Å². The van der Waals surface area contributed by atoms with Gasteiger partial charge in [-0.05, 0) is 38.6 Å². The first kappa shape index (κ1) is 15.8. The standard InChI is InChI=1S/C16H26N4O/c1-3-13-11-19(2)9-6-10-20(13)12-16(21)18-15-8-5-4-7-14(15)17/h4-5,7-8,13H,3,6,9-12,17H2,1-2H3,(H,18,21). The maximum absolute atomic E-state index is 12.3. The average molecular weight is 290 g/mol. The van der Waals surface area contributed by atoms with Crippen LogP contribution in [0.1, 0.15) is 19.8 Å². The van der Waals surface area contributed by atoms with E-state index in [4.69, 9.17) is 5.73 Å². The maximum Gasteiger partial charge on any atom is 0.238 e. The van der Waals surface area contributed by atoms with Gasteiger partial charge in [0.1, 0.15) is 0 Å². The number of rotatable bonds is 4. The number of nitrogens with two attached hydrogens (primary N) is 1. The predicted molar refractivity (Wildman–Crippen MR) is 87.3 cm³/mol. The summed E-state index contributed by atoms with van der Waals surface area (Å²) in [7, 11) is 2.15. The van der Waals surface area contributed by atoms with Gasteiger partial charge in [-0.25, -0.2) is 0 Å². The first-order valence-corrected chi connectivity index (χ1v) is 7.67. The SMILES string of the molecule is CCC1CN(C)CCCN1CC(=O)Nc1ccccc1N. The monoisotopic (exact) mass is 290 g/mol. The molecule has 1 aliphatic rings. The first-order valence-electron chi connectivity index (χ1n) is 7.67. The number of hydrogen-bond acceptors (Lipinski definition) is 4. The summed E-state index contributed by atoms with van der Waals surface area (Å²) in [5.41, 5.74) is 7.17. The Bertz CT molecular complexity index is 477. The van der Waals surface area contributed by atoms with Crippen LogP contribution in [0, 0.1) is 0 Å². The van der Waals surface area contributed by atoms with Crippen molar-refractivity contribution in [2.24, 2.45) is 0 Å². The molecule has 0 bridgehead atoms. The number of carbonyl (C=O) groups is 1. The molecule has 1 atom stereocenters. The third kappa shape index (κ3) is 4.44. The second-order valence-corrected chi connectivity index (χ2v) is 5.78. The largest absolute Gasteiger partial charge is 0.397 e. The van der Waals surface area contributed by atoms with Crippen molar-refractivity contribution in [1.82, 2.24) is 9.80 Å². The van der Waals surface area contributed by atoms with Crippen molar-refractivity contribution >= 4 is 17.3 Å². The van der Waals surface area contributed by atoms with Gasteiger partial charge in [0.15, 0.2) is 0 Å². The second-order valence-electron chi connectivity index (χ2n) is 5.78. The molecule has 3 N–H and O–H groups in total. The van der Waals surface area contributed by atoms with Crippen LogP contribution >= 0.6 is 0 Å². The van der Waals surface area contributed by atoms with Gasteiger partial charge in [-0.3, -0.25) is 9.69 Å². The first-order chi connectivity index (χ1) is 10.1. The molecule has 0 radical (unpaired) electrons. The number of hydrogen-bond donors (Lipinski definition) is 2. The van der Waals surface area contributed by atoms with Gasteiger partial charge >= 0.3 is 0 Å². The fourth-order valence-electron chi connectivity index (χ4n) is 2.87. The van der Waals surface area contributed by atoms with Crippen LogP contribution < -0.4 is 11.1 Å². The topological polar surface area (TPSA) is 61.6 Å². The van der Waals surface area contributed by atoms with Crippen LogP contribution in [0.2, 0.25) is 0 Å². The van der Waals surface area contributed by atoms with Crippen molar-refractivity contribution in [2.45, 2.75) is 25.8 Å². The van der Waals surface area contributed by atoms with E-state index in [0.29, 0.717) is 24.0 Å². The molecule has 5 heteroatoms. The van der Waals surface area contributed by atoms with E-state index in [-0.39, 0.29) is 5.91 Å². The smallest absolute Gasteiger partial charge is 0.238 e. The summed E-state index contributed by atoms with van der Waals surface area (Å²) in [5, 5.41) is 2.91. The molecule has 21 heavy (non-hydrogen) atoms. The number of nitrogens with one attached hydrogen (secondary N) is 1. The minimum atomic E-state index is 0.0101. The van der Waals surface area contributed by atoms with Crippen molar-refractivity contribution < 1.29 is 4.79 Å². The van der Waals surface area contributed by atoms with Gasteiger partial charge in [0.2, 0.25) is 5.91 Å². The summed E-state index contributed by atoms with van der Waals surface area (Å²) < 4.78 is 0. The maximum atomic E-state index is 12.3. The average Bonchev–Trinajstić information content (AvgIpc) is 2.63. The van der Waals surface area contributed by atoms with Gasteiger partial charge < -0.3 is 16.0 Å². The number of benzene rings is 1. The molecule has 1 aliphatic heterocycles. The molecule has 116 valence electrons. The molecule has 1 fully saturated rings. The summed E-state index contributed by atoms with van der Waals surface area (Å²) in [6.45, 7) is 5.71. The highest BCUT2D eigenvalue weighted by Gasteiger charge is 2.23. The third-order valence-electron chi connectivity index (χ3n) is 4.08. The van der Waals surface area contributed by atoms with Crippen molar-refractivity contribution in [1.29, 1.82) is 0 Å². The van der Waals surface area contributed by atoms with E-state index in [1.807, 2.05) is 18.2 Å². The lowest BCUT2D eigenvalue weighted by Gasteiger charge is -2.29. The lowest BCUT2D eigenvalue weighted by atomic mass is 10.2. The highest BCUT2D eigenvalue weighted by Crippen LogP contribution is 2.17. The van der Waals surface area contributed by atoms with Gasteiger partial charge in [-0.2, -0.15) is 0 Å². The Labute approximate surface area is 127 Å². The number of nitrogens with zero attached hydrogens (tertiary/aromatic N) is 2. The molecule has 0 aliphatic carbocycles. The zero-order valence-electron chi connectivity index (χ0n) is 13.0. The van der Waals surface area contributed by atoms with E-state index in [1.54, 1.807) is 6.07 Å². The van der Waals surface area contributed by atoms with Gasteiger partial charge in [0.05, 0.1) is 17.9 Å². The summed E-state index contributed by atoms with van der Waals surface area (Å²) >= 11 is 0. The van der Waals surface area contributed by atoms with Crippen molar-refractivity contribution in [3.05, 3.63) is 24.3 Å². The van der Waals surface area contributed by atoms with Crippen LogP contribution in [0.25, 0.3) is 0 Å². The Morgan fingerprint density at radius 2 is 2.14 bits per heavy atom. The quantitative estimate of drug-likeness (QED) is 0.827. The second kappa shape index (κ2) is 7.43. The normalized spacial score (nSPS) is 21.0. The number of carbonyl (C=O) groups excluding carboxylic acids is 1. The number of likely N-dealkylation sites (N-methyl/N-ethyl adjacent to an activating group) is 1. The van der Waals surface area contributed by atoms with E-state index in [2.05, 4.69) is 29.1 Å². The van der Waals surface area contributed by atoms with Gasteiger partial charge in [-0.15, -0.1) is 0 Å². The van der Waals surface area contributed by atoms with Crippen LogP contribution in [-0.2, 0) is 4.79 Å². The van der Waals surface area contributed by atoms with E-state index >= 15 is 0 Å². The van der Waals surface area contributed by atoms with Gasteiger partial charge in [0.25, 0.3) is 0 Å². The minimum Gasteiger partial charge on any atom is -0.397 e. The Hall–Kier alpha value is -1.59. The summed E-state index contributed by atoms with van der Waals surface area (Å²) in [6, 6.07) is 7.81. The molecule has 1 aromatic carbocycles. The van der Waals surface area contributed by atoms with Crippen LogP contribution in [0.15, 0.2) is 24.3 Å². The zero-order chi connectivity index (χ0) is 15.2. The van der Waals surface area contributed by atoms with E-state index in [1.165, 1.54) is 0 Å². The molecular formula is C16H26N4O. The van der Waals surface area contributed by atoms with Crippen LogP contribution in [0.3, 0.4) is 0 Å². The van der Waals surface area contributed by atoms with Crippen LogP contribution in [0.5, 0.6) is 0 Å². The van der Waals surface area contributed by atoms with Crippen molar-refractivity contribution in [2.75, 3.05) is 44.3 Å². The van der Waals surface area contributed by atoms with Crippen molar-refractivity contribution in [3.63, 3.8) is 0 Å².